The summed E-state index contributed by atoms with van der Waals surface area (Å²) >= 11 is 0. The van der Waals surface area contributed by atoms with Crippen molar-refractivity contribution in [2.75, 3.05) is 6.54 Å². The van der Waals surface area contributed by atoms with E-state index in [4.69, 9.17) is 4.74 Å². The number of fused-ring (bicyclic) bond motifs is 1. The number of para-hydroxylation sites is 1. The van der Waals surface area contributed by atoms with Crippen molar-refractivity contribution >= 4 is 23.1 Å². The largest absolute Gasteiger partial charge is 0.445 e. The Morgan fingerprint density at radius 1 is 1.12 bits per heavy atom. The highest BCUT2D eigenvalue weighted by molar-refractivity contribution is 5.91. The van der Waals surface area contributed by atoms with Crippen LogP contribution in [0.15, 0.2) is 60.7 Å². The van der Waals surface area contributed by atoms with E-state index in [2.05, 4.69) is 42.1 Å². The first-order chi connectivity index (χ1) is 12.2. The number of nitrogens with zero attached hydrogens (tertiary/aromatic N) is 1. The number of hydrogen-bond donors (Lipinski definition) is 1. The van der Waals surface area contributed by atoms with E-state index in [-0.39, 0.29) is 6.61 Å². The molecule has 0 bridgehead atoms. The van der Waals surface area contributed by atoms with Crippen LogP contribution in [0, 0.1) is 6.92 Å². The first kappa shape index (κ1) is 16.8. The lowest BCUT2D eigenvalue weighted by molar-refractivity contribution is 0.141. The number of rotatable bonds is 5. The number of ether oxygens (including phenoxy) is 1. The lowest BCUT2D eigenvalue weighted by atomic mass is 10.1. The first-order valence-electron chi connectivity index (χ1n) is 8.32. The van der Waals surface area contributed by atoms with Crippen molar-refractivity contribution in [2.45, 2.75) is 13.5 Å². The second kappa shape index (κ2) is 7.71. The topological polar surface area (TPSA) is 43.3 Å². The minimum Gasteiger partial charge on any atom is -0.445 e. The normalized spacial score (nSPS) is 11.1. The lowest BCUT2D eigenvalue weighted by Gasteiger charge is -2.05. The van der Waals surface area contributed by atoms with Gasteiger partial charge in [0.05, 0.1) is 0 Å². The Bertz CT molecular complexity index is 895. The highest BCUT2D eigenvalue weighted by Gasteiger charge is 2.08. The van der Waals surface area contributed by atoms with E-state index in [1.54, 1.807) is 0 Å². The maximum absolute atomic E-state index is 11.7. The number of alkyl carbamates (subject to hydrolysis) is 1. The molecule has 0 spiro atoms. The fraction of sp³-hybridized carbons (Fsp3) is 0.190. The summed E-state index contributed by atoms with van der Waals surface area (Å²) < 4.78 is 7.37. The summed E-state index contributed by atoms with van der Waals surface area (Å²) in [6, 6.07) is 17.9. The third-order valence-corrected chi connectivity index (χ3v) is 4.31. The second-order valence-electron chi connectivity index (χ2n) is 5.92. The van der Waals surface area contributed by atoms with Crippen LogP contribution in [0.25, 0.3) is 17.0 Å². The predicted octanol–water partition coefficient (Wildman–Crippen LogP) is 4.43. The summed E-state index contributed by atoms with van der Waals surface area (Å²) in [4.78, 5) is 11.7. The summed E-state index contributed by atoms with van der Waals surface area (Å²) in [7, 11) is 2.06. The van der Waals surface area contributed by atoms with Gasteiger partial charge in [-0.05, 0) is 18.6 Å². The van der Waals surface area contributed by atoms with E-state index in [9.17, 15) is 4.79 Å². The average Bonchev–Trinajstić information content (AvgIpc) is 2.89. The van der Waals surface area contributed by atoms with E-state index in [0.717, 1.165) is 5.56 Å². The SMILES string of the molecule is Cc1c(C=CCNC(=O)OCc2ccccc2)c2ccccc2n1C. The van der Waals surface area contributed by atoms with Gasteiger partial charge in [-0.1, -0.05) is 60.7 Å². The van der Waals surface area contributed by atoms with Gasteiger partial charge in [-0.3, -0.25) is 0 Å². The zero-order valence-corrected chi connectivity index (χ0v) is 14.5. The van der Waals surface area contributed by atoms with Crippen LogP contribution in [0.2, 0.25) is 0 Å². The van der Waals surface area contributed by atoms with Gasteiger partial charge in [0, 0.05) is 35.8 Å². The van der Waals surface area contributed by atoms with E-state index < -0.39 is 6.09 Å². The van der Waals surface area contributed by atoms with E-state index in [1.807, 2.05) is 48.5 Å². The fourth-order valence-electron chi connectivity index (χ4n) is 2.85. The van der Waals surface area contributed by atoms with Crippen molar-refractivity contribution in [1.29, 1.82) is 0 Å². The highest BCUT2D eigenvalue weighted by Crippen LogP contribution is 2.25. The van der Waals surface area contributed by atoms with Crippen molar-refractivity contribution in [2.24, 2.45) is 7.05 Å². The molecule has 3 aromatic rings. The number of aromatic nitrogens is 1. The minimum atomic E-state index is -0.414. The molecule has 0 saturated carbocycles. The van der Waals surface area contributed by atoms with Crippen molar-refractivity contribution in [1.82, 2.24) is 9.88 Å². The molecule has 0 aliphatic heterocycles. The number of nitrogens with one attached hydrogen (secondary N) is 1. The van der Waals surface area contributed by atoms with Crippen LogP contribution >= 0.6 is 0 Å². The van der Waals surface area contributed by atoms with Crippen molar-refractivity contribution in [3.63, 3.8) is 0 Å². The molecule has 0 unspecified atom stereocenters. The fourth-order valence-corrected chi connectivity index (χ4v) is 2.85. The summed E-state index contributed by atoms with van der Waals surface area (Å²) in [5.41, 5.74) is 4.55. The molecular formula is C21H22N2O2. The van der Waals surface area contributed by atoms with Gasteiger partial charge < -0.3 is 14.6 Å². The Morgan fingerprint density at radius 2 is 1.84 bits per heavy atom. The van der Waals surface area contributed by atoms with Crippen LogP contribution in [-0.4, -0.2) is 17.2 Å². The molecular weight excluding hydrogens is 312 g/mol. The molecule has 128 valence electrons. The lowest BCUT2D eigenvalue weighted by Crippen LogP contribution is -2.24. The van der Waals surface area contributed by atoms with Gasteiger partial charge in [0.2, 0.25) is 0 Å². The smallest absolute Gasteiger partial charge is 0.407 e. The standard InChI is InChI=1S/C21H22N2O2/c1-16-18(19-11-6-7-13-20(19)23(16)2)12-8-14-22-21(24)25-15-17-9-4-3-5-10-17/h3-13H,14-15H2,1-2H3,(H,22,24). The summed E-state index contributed by atoms with van der Waals surface area (Å²) in [5, 5.41) is 3.96. The zero-order valence-electron chi connectivity index (χ0n) is 14.5. The van der Waals surface area contributed by atoms with Gasteiger partial charge in [0.25, 0.3) is 0 Å². The van der Waals surface area contributed by atoms with Crippen molar-refractivity contribution in [3.8, 4) is 0 Å². The number of benzene rings is 2. The van der Waals surface area contributed by atoms with Crippen LogP contribution in [0.3, 0.4) is 0 Å². The van der Waals surface area contributed by atoms with Crippen LogP contribution < -0.4 is 5.32 Å². The van der Waals surface area contributed by atoms with Crippen molar-refractivity contribution in [3.05, 3.63) is 77.5 Å². The van der Waals surface area contributed by atoms with Gasteiger partial charge >= 0.3 is 6.09 Å². The van der Waals surface area contributed by atoms with Gasteiger partial charge in [-0.2, -0.15) is 0 Å². The second-order valence-corrected chi connectivity index (χ2v) is 5.92. The maximum Gasteiger partial charge on any atom is 0.407 e. The van der Waals surface area contributed by atoms with E-state index in [1.165, 1.54) is 22.2 Å². The van der Waals surface area contributed by atoms with Gasteiger partial charge in [-0.15, -0.1) is 0 Å². The van der Waals surface area contributed by atoms with Gasteiger partial charge in [0.1, 0.15) is 6.61 Å². The van der Waals surface area contributed by atoms with E-state index in [0.29, 0.717) is 6.54 Å². The Morgan fingerprint density at radius 3 is 2.64 bits per heavy atom. The number of aryl methyl sites for hydroxylation is 1. The molecule has 0 fully saturated rings. The highest BCUT2D eigenvalue weighted by atomic mass is 16.5. The number of amides is 1. The Balaban J connectivity index is 1.55. The van der Waals surface area contributed by atoms with Crippen LogP contribution in [0.1, 0.15) is 16.8 Å². The maximum atomic E-state index is 11.7. The summed E-state index contributed by atoms with van der Waals surface area (Å²) in [6.45, 7) is 2.80. The first-order valence-corrected chi connectivity index (χ1v) is 8.32. The molecule has 1 amide bonds. The molecule has 25 heavy (non-hydrogen) atoms. The third-order valence-electron chi connectivity index (χ3n) is 4.31. The number of carbonyl (C=O) groups excluding carboxylic acids is 1. The molecule has 4 nitrogen and oxygen atoms in total. The summed E-state index contributed by atoms with van der Waals surface area (Å²) in [6.07, 6.45) is 3.58. The van der Waals surface area contributed by atoms with Crippen molar-refractivity contribution < 1.29 is 9.53 Å². The molecule has 4 heteroatoms. The zero-order chi connectivity index (χ0) is 17.6. The number of hydrogen-bond acceptors (Lipinski definition) is 2. The summed E-state index contributed by atoms with van der Waals surface area (Å²) in [5.74, 6) is 0. The molecule has 0 atom stereocenters. The average molecular weight is 334 g/mol. The molecule has 0 saturated heterocycles. The van der Waals surface area contributed by atoms with Gasteiger partial charge in [-0.25, -0.2) is 4.79 Å². The predicted molar refractivity (Wildman–Crippen MR) is 101 cm³/mol. The molecule has 2 aromatic carbocycles. The molecule has 0 aliphatic carbocycles. The molecule has 1 aromatic heterocycles. The van der Waals surface area contributed by atoms with Gasteiger partial charge in [0.15, 0.2) is 0 Å². The molecule has 0 aliphatic rings. The quantitative estimate of drug-likeness (QED) is 0.750. The van der Waals surface area contributed by atoms with Crippen LogP contribution in [0.5, 0.6) is 0 Å². The molecule has 0 radical (unpaired) electrons. The molecule has 1 N–H and O–H groups in total. The van der Waals surface area contributed by atoms with Crippen LogP contribution in [-0.2, 0) is 18.4 Å². The Kier molecular flexibility index (Phi) is 5.19. The minimum absolute atomic E-state index is 0.277. The number of carbonyl (C=O) groups is 1. The van der Waals surface area contributed by atoms with Crippen LogP contribution in [0.4, 0.5) is 4.79 Å². The Hall–Kier alpha value is -3.01. The molecule has 3 rings (SSSR count). The Labute approximate surface area is 147 Å². The third kappa shape index (κ3) is 3.91. The van der Waals surface area contributed by atoms with E-state index >= 15 is 0 Å². The monoisotopic (exact) mass is 334 g/mol. The molecule has 1 heterocycles.